The number of aliphatic hydroxyl groups is 3. The first kappa shape index (κ1) is 39.7. The van der Waals surface area contributed by atoms with Crippen molar-refractivity contribution in [3.05, 3.63) is 101 Å². The number of hydrogen-bond donors (Lipinski definition) is 10. The molecule has 1 aliphatic carbocycles. The van der Waals surface area contributed by atoms with Crippen molar-refractivity contribution < 1.29 is 93.9 Å². The summed E-state index contributed by atoms with van der Waals surface area (Å²) in [6.07, 6.45) is -2.88. The van der Waals surface area contributed by atoms with Gasteiger partial charge in [-0.1, -0.05) is 12.1 Å². The summed E-state index contributed by atoms with van der Waals surface area (Å²) in [6.45, 7) is 0. The maximum absolute atomic E-state index is 14.0. The van der Waals surface area contributed by atoms with E-state index in [0.717, 1.165) is 60.7 Å². The lowest BCUT2D eigenvalue weighted by molar-refractivity contribution is -0.316. The van der Waals surface area contributed by atoms with Crippen molar-refractivity contribution in [1.29, 1.82) is 0 Å². The molecule has 1 saturated carbocycles. The van der Waals surface area contributed by atoms with Gasteiger partial charge in [0, 0.05) is 42.7 Å². The molecular weight excluding hydrogens is 784 g/mol. The van der Waals surface area contributed by atoms with Gasteiger partial charge < -0.3 is 74.7 Å². The van der Waals surface area contributed by atoms with Gasteiger partial charge in [0.25, 0.3) is 5.78 Å². The number of carboxylic acids is 1. The highest BCUT2D eigenvalue weighted by Gasteiger charge is 2.71. The van der Waals surface area contributed by atoms with Crippen LogP contribution in [0.2, 0.25) is 0 Å². The van der Waals surface area contributed by atoms with Crippen molar-refractivity contribution in [3.63, 3.8) is 0 Å². The standard InChI is InChI=1S/C40H32O19/c41-21-14-26(46)34-30(15-21)58-40(20-5-7-23(43)25(45)13-20)39(54,36(34)51)56-29-12-19(2-8-28(29)57-40)4-10-33(49)59-38(37(52)53)16-27(47)35(50)31(17-38)55-32(48)9-3-18-1-6-22(42)24(44)11-18/h1-15,27,31,35,41-47,50,54H,16-17H2,(H,52,53)/b9-3+,10-4+/t27-,31?,35?,38-,39?,40?/m1/s1. The van der Waals surface area contributed by atoms with Gasteiger partial charge in [0.2, 0.25) is 5.60 Å². The first-order chi connectivity index (χ1) is 27.8. The molecule has 0 aromatic heterocycles. The predicted octanol–water partition coefficient (Wildman–Crippen LogP) is 2.03. The van der Waals surface area contributed by atoms with Crippen molar-refractivity contribution in [3.8, 4) is 51.7 Å². The minimum atomic E-state index is -3.17. The van der Waals surface area contributed by atoms with Crippen LogP contribution in [0.1, 0.15) is 39.9 Å². The number of fused-ring (bicyclic) bond motifs is 3. The number of carbonyl (C=O) groups excluding carboxylic acids is 3. The maximum atomic E-state index is 14.0. The average Bonchev–Trinajstić information content (AvgIpc) is 3.17. The number of aliphatic carboxylic acids is 1. The Morgan fingerprint density at radius 3 is 1.98 bits per heavy atom. The highest BCUT2D eigenvalue weighted by atomic mass is 16.8. The summed E-state index contributed by atoms with van der Waals surface area (Å²) >= 11 is 0. The summed E-state index contributed by atoms with van der Waals surface area (Å²) in [5, 5.41) is 103. The zero-order chi connectivity index (χ0) is 42.6. The van der Waals surface area contributed by atoms with E-state index in [1.807, 2.05) is 0 Å². The molecule has 2 aliphatic heterocycles. The minimum Gasteiger partial charge on any atom is -0.508 e. The highest BCUT2D eigenvalue weighted by Crippen LogP contribution is 2.55. The molecule has 3 aliphatic rings. The summed E-state index contributed by atoms with van der Waals surface area (Å²) in [5.74, 6) is -15.7. The second kappa shape index (κ2) is 14.5. The summed E-state index contributed by atoms with van der Waals surface area (Å²) in [7, 11) is 0. The number of carbonyl (C=O) groups is 4. The number of phenols is 6. The lowest BCUT2D eigenvalue weighted by Gasteiger charge is -2.50. The Hall–Kier alpha value is -7.48. The van der Waals surface area contributed by atoms with Gasteiger partial charge in [-0.15, -0.1) is 0 Å². The third kappa shape index (κ3) is 6.98. The smallest absolute Gasteiger partial charge is 0.357 e. The van der Waals surface area contributed by atoms with Gasteiger partial charge in [0.1, 0.15) is 35.0 Å². The van der Waals surface area contributed by atoms with E-state index in [0.29, 0.717) is 0 Å². The molecule has 4 aromatic rings. The number of benzene rings is 4. The van der Waals surface area contributed by atoms with E-state index in [2.05, 4.69) is 0 Å². The summed E-state index contributed by atoms with van der Waals surface area (Å²) in [6, 6.07) is 12.3. The molecule has 0 bridgehead atoms. The van der Waals surface area contributed by atoms with E-state index < -0.39 is 118 Å². The summed E-state index contributed by atoms with van der Waals surface area (Å²) in [4.78, 5) is 52.2. The Morgan fingerprint density at radius 2 is 1.31 bits per heavy atom. The highest BCUT2D eigenvalue weighted by molar-refractivity contribution is 6.08. The molecule has 0 amide bonds. The molecule has 10 N–H and O–H groups in total. The molecule has 19 heteroatoms. The normalized spacial score (nSPS) is 25.7. The number of hydrogen-bond acceptors (Lipinski definition) is 18. The molecule has 1 fully saturated rings. The average molecular weight is 817 g/mol. The second-order valence-corrected chi connectivity index (χ2v) is 13.7. The van der Waals surface area contributed by atoms with Crippen molar-refractivity contribution in [1.82, 2.24) is 0 Å². The fourth-order valence-corrected chi connectivity index (χ4v) is 6.83. The van der Waals surface area contributed by atoms with Crippen LogP contribution in [0.3, 0.4) is 0 Å². The number of rotatable bonds is 8. The van der Waals surface area contributed by atoms with Crippen molar-refractivity contribution in [2.24, 2.45) is 0 Å². The Bertz CT molecular complexity index is 2480. The van der Waals surface area contributed by atoms with Gasteiger partial charge >= 0.3 is 29.5 Å². The van der Waals surface area contributed by atoms with E-state index in [1.54, 1.807) is 0 Å². The van der Waals surface area contributed by atoms with E-state index in [1.165, 1.54) is 30.3 Å². The Balaban J connectivity index is 1.12. The summed E-state index contributed by atoms with van der Waals surface area (Å²) in [5.41, 5.74) is -2.98. The monoisotopic (exact) mass is 816 g/mol. The number of phenolic OH excluding ortho intramolecular Hbond substituents is 6. The lowest BCUT2D eigenvalue weighted by Crippen LogP contribution is -2.70. The van der Waals surface area contributed by atoms with Gasteiger partial charge in [0.15, 0.2) is 34.5 Å². The molecule has 0 radical (unpaired) electrons. The van der Waals surface area contributed by atoms with Crippen molar-refractivity contribution >= 4 is 35.8 Å². The molecule has 6 atom stereocenters. The largest absolute Gasteiger partial charge is 0.508 e. The molecule has 2 heterocycles. The first-order valence-electron chi connectivity index (χ1n) is 17.3. The number of Topliss-reactive ketones (excluding diaryl/α,β-unsaturated/α-hetero) is 1. The van der Waals surface area contributed by atoms with Crippen LogP contribution in [-0.4, -0.2) is 104 Å². The number of ether oxygens (including phenoxy) is 5. The Kier molecular flexibility index (Phi) is 9.75. The number of aromatic hydroxyl groups is 6. The fraction of sp³-hybridized carbons (Fsp3) is 0.200. The van der Waals surface area contributed by atoms with Crippen LogP contribution in [0.5, 0.6) is 51.7 Å². The molecule has 0 saturated heterocycles. The molecule has 59 heavy (non-hydrogen) atoms. The maximum Gasteiger partial charge on any atom is 0.357 e. The fourth-order valence-electron chi connectivity index (χ4n) is 6.83. The number of aliphatic hydroxyl groups excluding tert-OH is 2. The minimum absolute atomic E-state index is 0.115. The van der Waals surface area contributed by atoms with E-state index in [4.69, 9.17) is 23.7 Å². The summed E-state index contributed by atoms with van der Waals surface area (Å²) < 4.78 is 28.4. The first-order valence-corrected chi connectivity index (χ1v) is 17.3. The van der Waals surface area contributed by atoms with Crippen LogP contribution in [0.15, 0.2) is 78.9 Å². The van der Waals surface area contributed by atoms with Crippen molar-refractivity contribution in [2.45, 2.75) is 48.3 Å². The third-order valence-corrected chi connectivity index (χ3v) is 9.76. The quantitative estimate of drug-likeness (QED) is 0.0691. The number of ketones is 1. The number of esters is 2. The third-order valence-electron chi connectivity index (χ3n) is 9.76. The zero-order valence-corrected chi connectivity index (χ0v) is 30.0. The van der Waals surface area contributed by atoms with Gasteiger partial charge in [-0.2, -0.15) is 0 Å². The topological polar surface area (TPSA) is 317 Å². The molecule has 306 valence electrons. The van der Waals surface area contributed by atoms with Crippen molar-refractivity contribution in [2.75, 3.05) is 0 Å². The molecule has 7 rings (SSSR count). The lowest BCUT2D eigenvalue weighted by atomic mass is 9.79. The van der Waals surface area contributed by atoms with Gasteiger partial charge in [-0.25, -0.2) is 14.4 Å². The van der Waals surface area contributed by atoms with Gasteiger partial charge in [0.05, 0.1) is 6.10 Å². The predicted molar refractivity (Wildman–Crippen MR) is 194 cm³/mol. The van der Waals surface area contributed by atoms with Crippen LogP contribution in [0.4, 0.5) is 0 Å². The van der Waals surface area contributed by atoms with Crippen LogP contribution in [0.25, 0.3) is 12.2 Å². The SMILES string of the molecule is O=C(/C=C/c1ccc(O)c(O)c1)OC1C[C@@](OC(=O)/C=C/c2ccc3c(c2)OC2(O)C(=O)c4c(O)cc(O)cc4OC2(c2ccc(O)c(O)c2)O3)(C(=O)O)C[C@@H](O)C1O. The molecular formula is C40H32O19. The molecule has 4 aromatic carbocycles. The van der Waals surface area contributed by atoms with E-state index >= 15 is 0 Å². The molecule has 0 spiro atoms. The Morgan fingerprint density at radius 1 is 0.678 bits per heavy atom. The van der Waals surface area contributed by atoms with E-state index in [9.17, 15) is 70.2 Å². The second-order valence-electron chi connectivity index (χ2n) is 13.7. The molecule has 4 unspecified atom stereocenters. The van der Waals surface area contributed by atoms with Gasteiger partial charge in [-0.3, -0.25) is 4.79 Å². The van der Waals surface area contributed by atoms with Crippen LogP contribution >= 0.6 is 0 Å². The van der Waals surface area contributed by atoms with Crippen LogP contribution in [0, 0.1) is 0 Å². The zero-order valence-electron chi connectivity index (χ0n) is 30.0. The van der Waals surface area contributed by atoms with Crippen LogP contribution < -0.4 is 14.2 Å². The molecule has 19 nitrogen and oxygen atoms in total. The van der Waals surface area contributed by atoms with E-state index in [-0.39, 0.29) is 28.2 Å². The van der Waals surface area contributed by atoms with Gasteiger partial charge in [-0.05, 0) is 65.7 Å². The Labute approximate surface area is 330 Å². The number of carboxylic acid groups (broad SMARTS) is 1. The van der Waals surface area contributed by atoms with Crippen LogP contribution in [-0.2, 0) is 29.6 Å².